The van der Waals surface area contributed by atoms with Gasteiger partial charge in [0.25, 0.3) is 0 Å². The van der Waals surface area contributed by atoms with Crippen molar-refractivity contribution in [1.29, 1.82) is 0 Å². The van der Waals surface area contributed by atoms with Crippen LogP contribution in [0, 0.1) is 13.8 Å². The predicted molar refractivity (Wildman–Crippen MR) is 78.5 cm³/mol. The van der Waals surface area contributed by atoms with E-state index in [1.165, 1.54) is 31.3 Å². The Morgan fingerprint density at radius 2 is 2.20 bits per heavy atom. The molecule has 1 amide bonds. The lowest BCUT2D eigenvalue weighted by Crippen LogP contribution is -2.25. The second kappa shape index (κ2) is 7.27. The summed E-state index contributed by atoms with van der Waals surface area (Å²) in [7, 11) is 0. The van der Waals surface area contributed by atoms with Crippen LogP contribution in [0.5, 0.6) is 0 Å². The number of aromatic nitrogens is 1. The molecule has 1 aliphatic rings. The zero-order valence-electron chi connectivity index (χ0n) is 12.5. The lowest BCUT2D eigenvalue weighted by Gasteiger charge is -2.12. The molecule has 0 unspecified atom stereocenters. The molecule has 2 rings (SSSR count). The first kappa shape index (κ1) is 14.8. The van der Waals surface area contributed by atoms with Gasteiger partial charge in [0, 0.05) is 18.5 Å². The predicted octanol–water partition coefficient (Wildman–Crippen LogP) is 3.23. The van der Waals surface area contributed by atoms with Crippen LogP contribution >= 0.6 is 0 Å². The van der Waals surface area contributed by atoms with Crippen LogP contribution in [0.25, 0.3) is 0 Å². The molecule has 0 spiro atoms. The first-order valence-corrected chi connectivity index (χ1v) is 7.53. The highest BCUT2D eigenvalue weighted by molar-refractivity contribution is 5.76. The van der Waals surface area contributed by atoms with E-state index in [4.69, 9.17) is 4.52 Å². The van der Waals surface area contributed by atoms with E-state index in [1.54, 1.807) is 0 Å². The molecule has 110 valence electrons. The van der Waals surface area contributed by atoms with E-state index in [1.807, 2.05) is 13.8 Å². The number of hydrogen-bond donors (Lipinski definition) is 1. The number of rotatable bonds is 6. The van der Waals surface area contributed by atoms with E-state index >= 15 is 0 Å². The Hall–Kier alpha value is -1.58. The molecular formula is C16H24N2O2. The number of nitrogens with one attached hydrogen (secondary N) is 1. The summed E-state index contributed by atoms with van der Waals surface area (Å²) in [6, 6.07) is 0. The summed E-state index contributed by atoms with van der Waals surface area (Å²) in [6.07, 6.45) is 9.55. The Bertz CT molecular complexity index is 469. The normalized spacial score (nSPS) is 15.0. The topological polar surface area (TPSA) is 55.1 Å². The van der Waals surface area contributed by atoms with Crippen molar-refractivity contribution < 1.29 is 9.32 Å². The fourth-order valence-electron chi connectivity index (χ4n) is 2.68. The minimum atomic E-state index is 0.112. The van der Waals surface area contributed by atoms with Crippen LogP contribution < -0.4 is 5.32 Å². The van der Waals surface area contributed by atoms with Crippen molar-refractivity contribution in [2.75, 3.05) is 6.54 Å². The summed E-state index contributed by atoms with van der Waals surface area (Å²) in [5, 5.41) is 6.90. The number of amides is 1. The Kier molecular flexibility index (Phi) is 5.39. The van der Waals surface area contributed by atoms with Gasteiger partial charge >= 0.3 is 0 Å². The molecule has 1 aromatic rings. The van der Waals surface area contributed by atoms with E-state index in [9.17, 15) is 4.79 Å². The zero-order chi connectivity index (χ0) is 14.4. The summed E-state index contributed by atoms with van der Waals surface area (Å²) in [6.45, 7) is 4.56. The standard InChI is InChI=1S/C16H24N2O2/c1-12-15(13(2)20-18-12)8-9-16(19)17-11-10-14-6-4-3-5-7-14/h6H,3-5,7-11H2,1-2H3,(H,17,19). The third-order valence-corrected chi connectivity index (χ3v) is 3.94. The van der Waals surface area contributed by atoms with Gasteiger partial charge in [-0.2, -0.15) is 0 Å². The highest BCUT2D eigenvalue weighted by Gasteiger charge is 2.11. The van der Waals surface area contributed by atoms with Crippen molar-refractivity contribution in [3.8, 4) is 0 Å². The highest BCUT2D eigenvalue weighted by atomic mass is 16.5. The van der Waals surface area contributed by atoms with Gasteiger partial charge in [-0.05, 0) is 52.4 Å². The van der Waals surface area contributed by atoms with Gasteiger partial charge in [-0.3, -0.25) is 4.79 Å². The third kappa shape index (κ3) is 4.22. The van der Waals surface area contributed by atoms with Crippen molar-refractivity contribution in [3.05, 3.63) is 28.7 Å². The molecule has 1 N–H and O–H groups in total. The Balaban J connectivity index is 1.67. The molecule has 0 atom stereocenters. The summed E-state index contributed by atoms with van der Waals surface area (Å²) < 4.78 is 5.10. The minimum absolute atomic E-state index is 0.112. The molecule has 0 bridgehead atoms. The smallest absolute Gasteiger partial charge is 0.220 e. The van der Waals surface area contributed by atoms with Gasteiger partial charge in [-0.15, -0.1) is 0 Å². The van der Waals surface area contributed by atoms with Gasteiger partial charge in [-0.1, -0.05) is 16.8 Å². The molecule has 4 heteroatoms. The molecule has 1 aliphatic carbocycles. The van der Waals surface area contributed by atoms with Crippen LogP contribution in [-0.2, 0) is 11.2 Å². The zero-order valence-corrected chi connectivity index (χ0v) is 12.5. The van der Waals surface area contributed by atoms with E-state index in [2.05, 4.69) is 16.5 Å². The molecule has 1 heterocycles. The molecule has 0 fully saturated rings. The number of nitrogens with zero attached hydrogens (tertiary/aromatic N) is 1. The monoisotopic (exact) mass is 276 g/mol. The molecule has 20 heavy (non-hydrogen) atoms. The average molecular weight is 276 g/mol. The van der Waals surface area contributed by atoms with Gasteiger partial charge in [0.15, 0.2) is 0 Å². The fourth-order valence-corrected chi connectivity index (χ4v) is 2.68. The number of carbonyl (C=O) groups excluding carboxylic acids is 1. The maximum atomic E-state index is 11.8. The van der Waals surface area contributed by atoms with Crippen molar-refractivity contribution in [1.82, 2.24) is 10.5 Å². The highest BCUT2D eigenvalue weighted by Crippen LogP contribution is 2.19. The molecule has 0 saturated carbocycles. The van der Waals surface area contributed by atoms with E-state index < -0.39 is 0 Å². The summed E-state index contributed by atoms with van der Waals surface area (Å²) in [5.41, 5.74) is 3.46. The van der Waals surface area contributed by atoms with Gasteiger partial charge in [0.05, 0.1) is 5.69 Å². The summed E-state index contributed by atoms with van der Waals surface area (Å²) >= 11 is 0. The molecule has 0 radical (unpaired) electrons. The van der Waals surface area contributed by atoms with Crippen molar-refractivity contribution in [2.24, 2.45) is 0 Å². The first-order valence-electron chi connectivity index (χ1n) is 7.53. The number of allylic oxidation sites excluding steroid dienone is 1. The SMILES string of the molecule is Cc1noc(C)c1CCC(=O)NCCC1=CCCCC1. The second-order valence-electron chi connectivity index (χ2n) is 5.51. The van der Waals surface area contributed by atoms with Gasteiger partial charge < -0.3 is 9.84 Å². The first-order chi connectivity index (χ1) is 9.66. The van der Waals surface area contributed by atoms with Crippen LogP contribution in [0.15, 0.2) is 16.2 Å². The Morgan fingerprint density at radius 3 is 2.85 bits per heavy atom. The molecule has 0 aromatic carbocycles. The summed E-state index contributed by atoms with van der Waals surface area (Å²) in [5.74, 6) is 0.934. The van der Waals surface area contributed by atoms with Gasteiger partial charge in [-0.25, -0.2) is 0 Å². The number of carbonyl (C=O) groups is 1. The molecule has 1 aromatic heterocycles. The molecule has 4 nitrogen and oxygen atoms in total. The quantitative estimate of drug-likeness (QED) is 0.812. The van der Waals surface area contributed by atoms with Crippen LogP contribution in [0.2, 0.25) is 0 Å². The second-order valence-corrected chi connectivity index (χ2v) is 5.51. The third-order valence-electron chi connectivity index (χ3n) is 3.94. The van der Waals surface area contributed by atoms with Gasteiger partial charge in [0.1, 0.15) is 5.76 Å². The summed E-state index contributed by atoms with van der Waals surface area (Å²) in [4.78, 5) is 11.8. The molecular weight excluding hydrogens is 252 g/mol. The van der Waals surface area contributed by atoms with Gasteiger partial charge in [0.2, 0.25) is 5.91 Å². The molecule has 0 aliphatic heterocycles. The molecule has 0 saturated heterocycles. The van der Waals surface area contributed by atoms with Crippen LogP contribution in [0.3, 0.4) is 0 Å². The van der Waals surface area contributed by atoms with Crippen molar-refractivity contribution >= 4 is 5.91 Å². The van der Waals surface area contributed by atoms with Crippen LogP contribution in [0.1, 0.15) is 55.5 Å². The Morgan fingerprint density at radius 1 is 1.35 bits per heavy atom. The van der Waals surface area contributed by atoms with Crippen molar-refractivity contribution in [2.45, 2.75) is 58.8 Å². The lowest BCUT2D eigenvalue weighted by molar-refractivity contribution is -0.121. The minimum Gasteiger partial charge on any atom is -0.361 e. The Labute approximate surface area is 120 Å². The fraction of sp³-hybridized carbons (Fsp3) is 0.625. The largest absolute Gasteiger partial charge is 0.361 e. The van der Waals surface area contributed by atoms with Crippen molar-refractivity contribution in [3.63, 3.8) is 0 Å². The average Bonchev–Trinajstić information content (AvgIpc) is 2.77. The van der Waals surface area contributed by atoms with E-state index in [0.29, 0.717) is 12.8 Å². The van der Waals surface area contributed by atoms with E-state index in [-0.39, 0.29) is 5.91 Å². The maximum absolute atomic E-state index is 11.8. The lowest BCUT2D eigenvalue weighted by atomic mass is 9.97. The van der Waals surface area contributed by atoms with Crippen LogP contribution in [-0.4, -0.2) is 17.6 Å². The van der Waals surface area contributed by atoms with E-state index in [0.717, 1.165) is 30.0 Å². The maximum Gasteiger partial charge on any atom is 0.220 e. The number of hydrogen-bond acceptors (Lipinski definition) is 3. The number of aryl methyl sites for hydroxylation is 2. The van der Waals surface area contributed by atoms with Crippen LogP contribution in [0.4, 0.5) is 0 Å².